The molecule has 0 unspecified atom stereocenters. The van der Waals surface area contributed by atoms with Crippen molar-refractivity contribution < 1.29 is 9.21 Å². The Morgan fingerprint density at radius 2 is 1.61 bits per heavy atom. The van der Waals surface area contributed by atoms with E-state index in [1.165, 1.54) is 0 Å². The molecule has 1 aliphatic carbocycles. The fraction of sp³-hybridized carbons (Fsp3) is 0.231. The summed E-state index contributed by atoms with van der Waals surface area (Å²) in [5.74, 6) is 1.72. The van der Waals surface area contributed by atoms with Crippen molar-refractivity contribution in [3.8, 4) is 11.3 Å². The molecule has 1 aliphatic rings. The van der Waals surface area contributed by atoms with E-state index in [0.29, 0.717) is 22.6 Å². The summed E-state index contributed by atoms with van der Waals surface area (Å²) in [5, 5.41) is 8.48. The number of amides is 1. The average Bonchev–Trinajstić information content (AvgIpc) is 3.31. The Morgan fingerprint density at radius 1 is 0.879 bits per heavy atom. The summed E-state index contributed by atoms with van der Waals surface area (Å²) in [6.45, 7) is 0. The molecule has 2 aromatic heterocycles. The molecule has 5 rings (SSSR count). The van der Waals surface area contributed by atoms with Gasteiger partial charge in [-0.2, -0.15) is 0 Å². The number of pyridine rings is 1. The van der Waals surface area contributed by atoms with Gasteiger partial charge in [-0.3, -0.25) is 4.79 Å². The second-order valence-electron chi connectivity index (χ2n) is 8.23. The Kier molecular flexibility index (Phi) is 7.21. The molecule has 0 spiro atoms. The number of anilines is 1. The van der Waals surface area contributed by atoms with Crippen LogP contribution in [0.3, 0.4) is 0 Å². The number of aromatic nitrogens is 1. The Hall–Kier alpha value is -3.02. The van der Waals surface area contributed by atoms with Crippen molar-refractivity contribution in [2.24, 2.45) is 0 Å². The quantitative estimate of drug-likeness (QED) is 0.331. The summed E-state index contributed by atoms with van der Waals surface area (Å²) in [6, 6.07) is 23.7. The number of furan rings is 1. The number of carbonyl (C=O) groups excluding carboxylic acids is 1. The number of nitrogens with zero attached hydrogens (tertiary/aromatic N) is 1. The van der Waals surface area contributed by atoms with Crippen LogP contribution in [0.1, 0.15) is 36.2 Å². The molecule has 0 saturated heterocycles. The van der Waals surface area contributed by atoms with Gasteiger partial charge in [-0.15, -0.1) is 12.4 Å². The van der Waals surface area contributed by atoms with Crippen LogP contribution in [0.4, 0.5) is 5.82 Å². The highest BCUT2D eigenvalue weighted by Crippen LogP contribution is 2.26. The van der Waals surface area contributed by atoms with E-state index in [0.717, 1.165) is 48.0 Å². The zero-order valence-corrected chi connectivity index (χ0v) is 19.5. The molecule has 0 bridgehead atoms. The number of rotatable bonds is 5. The first-order chi connectivity index (χ1) is 15.6. The highest BCUT2D eigenvalue weighted by molar-refractivity contribution is 6.30. The van der Waals surface area contributed by atoms with E-state index in [1.54, 1.807) is 18.2 Å². The zero-order chi connectivity index (χ0) is 21.9. The molecular formula is C26H25Cl2N3O2. The standard InChI is InChI=1S/C26H24ClN3O2.ClH/c27-19-8-5-18(6-9-19)23-14-15-24(32-23)26(31)29-21-12-10-20(11-13-21)28-25-16-7-17-3-1-2-4-22(17)30-25;/h1-9,14-16,20-21H,10-13H2,(H,28,30)(H,29,31);1H. The van der Waals surface area contributed by atoms with Gasteiger partial charge in [0.15, 0.2) is 5.76 Å². The van der Waals surface area contributed by atoms with Gasteiger partial charge in [-0.1, -0.05) is 29.8 Å². The summed E-state index contributed by atoms with van der Waals surface area (Å²) in [5.41, 5.74) is 1.89. The molecule has 7 heteroatoms. The molecule has 0 atom stereocenters. The van der Waals surface area contributed by atoms with Gasteiger partial charge in [0.05, 0.1) is 5.52 Å². The molecule has 4 aromatic rings. The van der Waals surface area contributed by atoms with E-state index in [9.17, 15) is 4.79 Å². The van der Waals surface area contributed by atoms with Crippen molar-refractivity contribution in [3.05, 3.63) is 83.6 Å². The number of carbonyl (C=O) groups is 1. The normalized spacial score (nSPS) is 17.8. The molecule has 1 amide bonds. The van der Waals surface area contributed by atoms with Crippen molar-refractivity contribution >= 4 is 46.6 Å². The van der Waals surface area contributed by atoms with Crippen LogP contribution >= 0.6 is 24.0 Å². The van der Waals surface area contributed by atoms with Gasteiger partial charge in [0.25, 0.3) is 5.91 Å². The van der Waals surface area contributed by atoms with E-state index < -0.39 is 0 Å². The van der Waals surface area contributed by atoms with Crippen LogP contribution in [0.2, 0.25) is 5.02 Å². The summed E-state index contributed by atoms with van der Waals surface area (Å²) < 4.78 is 5.77. The highest BCUT2D eigenvalue weighted by Gasteiger charge is 2.24. The summed E-state index contributed by atoms with van der Waals surface area (Å²) in [7, 11) is 0. The molecule has 1 fully saturated rings. The van der Waals surface area contributed by atoms with Crippen LogP contribution in [0.15, 0.2) is 77.2 Å². The number of hydrogen-bond acceptors (Lipinski definition) is 4. The Balaban J connectivity index is 0.00000259. The van der Waals surface area contributed by atoms with Gasteiger partial charge in [0, 0.05) is 28.1 Å². The molecule has 2 heterocycles. The molecular weight excluding hydrogens is 457 g/mol. The zero-order valence-electron chi connectivity index (χ0n) is 18.0. The number of hydrogen-bond donors (Lipinski definition) is 2. The Morgan fingerprint density at radius 3 is 2.39 bits per heavy atom. The number of halogens is 2. The highest BCUT2D eigenvalue weighted by atomic mass is 35.5. The number of fused-ring (bicyclic) bond motifs is 1. The van der Waals surface area contributed by atoms with Crippen molar-refractivity contribution in [1.82, 2.24) is 10.3 Å². The van der Waals surface area contributed by atoms with Gasteiger partial charge < -0.3 is 15.1 Å². The maximum atomic E-state index is 12.7. The molecule has 2 aromatic carbocycles. The van der Waals surface area contributed by atoms with E-state index in [1.807, 2.05) is 42.5 Å². The number of benzene rings is 2. The third-order valence-corrected chi connectivity index (χ3v) is 6.22. The molecule has 5 nitrogen and oxygen atoms in total. The third kappa shape index (κ3) is 5.49. The lowest BCUT2D eigenvalue weighted by atomic mass is 9.91. The van der Waals surface area contributed by atoms with Crippen LogP contribution in [-0.2, 0) is 0 Å². The summed E-state index contributed by atoms with van der Waals surface area (Å²) >= 11 is 5.94. The lowest BCUT2D eigenvalue weighted by Crippen LogP contribution is -2.40. The van der Waals surface area contributed by atoms with Gasteiger partial charge >= 0.3 is 0 Å². The lowest BCUT2D eigenvalue weighted by Gasteiger charge is -2.29. The summed E-state index contributed by atoms with van der Waals surface area (Å²) in [4.78, 5) is 17.4. The Labute approximate surface area is 204 Å². The maximum absolute atomic E-state index is 12.7. The van der Waals surface area contributed by atoms with E-state index in [2.05, 4.69) is 22.8 Å². The van der Waals surface area contributed by atoms with Crippen molar-refractivity contribution in [2.75, 3.05) is 5.32 Å². The van der Waals surface area contributed by atoms with Crippen LogP contribution in [0.25, 0.3) is 22.2 Å². The van der Waals surface area contributed by atoms with Crippen molar-refractivity contribution in [2.45, 2.75) is 37.8 Å². The second-order valence-corrected chi connectivity index (χ2v) is 8.66. The van der Waals surface area contributed by atoms with Crippen LogP contribution in [-0.4, -0.2) is 23.0 Å². The van der Waals surface area contributed by atoms with Crippen molar-refractivity contribution in [1.29, 1.82) is 0 Å². The van der Waals surface area contributed by atoms with E-state index in [-0.39, 0.29) is 24.4 Å². The molecule has 0 aliphatic heterocycles. The number of para-hydroxylation sites is 1. The second kappa shape index (κ2) is 10.3. The molecule has 0 radical (unpaired) electrons. The number of nitrogens with one attached hydrogen (secondary N) is 2. The van der Waals surface area contributed by atoms with Crippen LogP contribution in [0.5, 0.6) is 0 Å². The van der Waals surface area contributed by atoms with Crippen LogP contribution in [0, 0.1) is 0 Å². The van der Waals surface area contributed by atoms with E-state index in [4.69, 9.17) is 21.0 Å². The van der Waals surface area contributed by atoms with Gasteiger partial charge in [-0.25, -0.2) is 4.98 Å². The largest absolute Gasteiger partial charge is 0.451 e. The molecule has 1 saturated carbocycles. The van der Waals surface area contributed by atoms with Gasteiger partial charge in [-0.05, 0) is 80.3 Å². The maximum Gasteiger partial charge on any atom is 0.287 e. The Bertz CT molecular complexity index is 1230. The predicted octanol–water partition coefficient (Wildman–Crippen LogP) is 6.72. The minimum absolute atomic E-state index is 0. The van der Waals surface area contributed by atoms with E-state index >= 15 is 0 Å². The topological polar surface area (TPSA) is 67.2 Å². The molecule has 33 heavy (non-hydrogen) atoms. The third-order valence-electron chi connectivity index (χ3n) is 5.97. The monoisotopic (exact) mass is 481 g/mol. The fourth-order valence-corrected chi connectivity index (χ4v) is 4.35. The molecule has 2 N–H and O–H groups in total. The van der Waals surface area contributed by atoms with Crippen molar-refractivity contribution in [3.63, 3.8) is 0 Å². The molecule has 170 valence electrons. The first-order valence-electron chi connectivity index (χ1n) is 10.9. The first-order valence-corrected chi connectivity index (χ1v) is 11.3. The minimum Gasteiger partial charge on any atom is -0.451 e. The smallest absolute Gasteiger partial charge is 0.287 e. The predicted molar refractivity (Wildman–Crippen MR) is 135 cm³/mol. The van der Waals surface area contributed by atoms with Gasteiger partial charge in [0.2, 0.25) is 0 Å². The van der Waals surface area contributed by atoms with Gasteiger partial charge in [0.1, 0.15) is 11.6 Å². The lowest BCUT2D eigenvalue weighted by molar-refractivity contribution is 0.0899. The first kappa shape index (κ1) is 23.1. The van der Waals surface area contributed by atoms with Crippen LogP contribution < -0.4 is 10.6 Å². The minimum atomic E-state index is -0.169. The summed E-state index contributed by atoms with van der Waals surface area (Å²) in [6.07, 6.45) is 3.80. The SMILES string of the molecule is Cl.O=C(NC1CCC(Nc2ccc3ccccc3n2)CC1)c1ccc(-c2ccc(Cl)cc2)o1. The fourth-order valence-electron chi connectivity index (χ4n) is 4.22. The average molecular weight is 482 g/mol.